The zero-order valence-corrected chi connectivity index (χ0v) is 9.77. The lowest BCUT2D eigenvalue weighted by atomic mass is 9.95. The zero-order valence-electron chi connectivity index (χ0n) is 9.77. The van der Waals surface area contributed by atoms with Gasteiger partial charge in [0.05, 0.1) is 6.42 Å². The fraction of sp³-hybridized carbons (Fsp3) is 0.800. The summed E-state index contributed by atoms with van der Waals surface area (Å²) in [7, 11) is 1.94. The van der Waals surface area contributed by atoms with Crippen molar-refractivity contribution in [1.82, 2.24) is 0 Å². The van der Waals surface area contributed by atoms with E-state index in [1.54, 1.807) is 0 Å². The summed E-state index contributed by atoms with van der Waals surface area (Å²) in [5.41, 5.74) is 5.81. The van der Waals surface area contributed by atoms with Gasteiger partial charge in [0.15, 0.2) is 0 Å². The van der Waals surface area contributed by atoms with E-state index in [2.05, 4.69) is 0 Å². The molecule has 0 unspecified atom stereocenters. The molecule has 0 aliphatic carbocycles. The van der Waals surface area contributed by atoms with Crippen LogP contribution in [0.25, 0.3) is 0 Å². The highest BCUT2D eigenvalue weighted by Crippen LogP contribution is 2.16. The molecule has 0 aromatic heterocycles. The van der Waals surface area contributed by atoms with E-state index in [0.29, 0.717) is 0 Å². The first-order valence-corrected chi connectivity index (χ1v) is 5.55. The maximum Gasteiger partial charge on any atom is 0.306 e. The number of Topliss-reactive ketones (excluding diaryl/α,β-unsaturated/α-hetero) is 1. The van der Waals surface area contributed by atoms with E-state index in [1.807, 2.05) is 7.85 Å². The summed E-state index contributed by atoms with van der Waals surface area (Å²) >= 11 is 0. The smallest absolute Gasteiger partial charge is 0.306 e. The van der Waals surface area contributed by atoms with Crippen LogP contribution in [0.3, 0.4) is 0 Å². The summed E-state index contributed by atoms with van der Waals surface area (Å²) in [6.07, 6.45) is 0.936. The second kappa shape index (κ2) is 6.01. The fourth-order valence-corrected chi connectivity index (χ4v) is 1.68. The second-order valence-corrected chi connectivity index (χ2v) is 4.27. The normalized spacial score (nSPS) is 29.0. The molecule has 16 heavy (non-hydrogen) atoms. The van der Waals surface area contributed by atoms with Crippen LogP contribution in [-0.2, 0) is 19.1 Å². The highest BCUT2D eigenvalue weighted by Gasteiger charge is 2.30. The molecular weight excluding hydrogens is 209 g/mol. The fourth-order valence-electron chi connectivity index (χ4n) is 1.68. The van der Waals surface area contributed by atoms with Crippen LogP contribution in [0.5, 0.6) is 0 Å². The van der Waals surface area contributed by atoms with Crippen LogP contribution >= 0.6 is 0 Å². The van der Waals surface area contributed by atoms with E-state index in [4.69, 9.17) is 15.2 Å². The average molecular weight is 227 g/mol. The maximum absolute atomic E-state index is 11.2. The Bertz CT molecular complexity index is 272. The molecule has 5 nitrogen and oxygen atoms in total. The highest BCUT2D eigenvalue weighted by atomic mass is 16.6. The third-order valence-corrected chi connectivity index (χ3v) is 2.58. The maximum atomic E-state index is 11.2. The standard InChI is InChI=1S/C10H18BNO4/c1-6(13)2-3-10(14)15-5-8-7(12)4-9(11)16-8/h7-9H,2-5,11-12H2,1H3/t7-,8+,9+/m0/s1. The molecule has 1 saturated heterocycles. The first kappa shape index (κ1) is 13.2. The van der Waals surface area contributed by atoms with Crippen molar-refractivity contribution < 1.29 is 19.1 Å². The molecule has 0 bridgehead atoms. The molecular formula is C10H18BNO4. The van der Waals surface area contributed by atoms with Crippen molar-refractivity contribution in [3.8, 4) is 0 Å². The van der Waals surface area contributed by atoms with Crippen LogP contribution in [0.4, 0.5) is 0 Å². The molecule has 6 heteroatoms. The van der Waals surface area contributed by atoms with Crippen LogP contribution in [0.1, 0.15) is 26.2 Å². The Labute approximate surface area is 96.1 Å². The van der Waals surface area contributed by atoms with Crippen LogP contribution in [0.2, 0.25) is 0 Å². The Morgan fingerprint density at radius 2 is 2.19 bits per heavy atom. The van der Waals surface area contributed by atoms with Gasteiger partial charge in [0, 0.05) is 18.5 Å². The number of rotatable bonds is 5. The molecule has 0 saturated carbocycles. The van der Waals surface area contributed by atoms with Crippen molar-refractivity contribution in [2.45, 2.75) is 44.3 Å². The molecule has 1 aliphatic heterocycles. The van der Waals surface area contributed by atoms with Crippen molar-refractivity contribution in [2.24, 2.45) is 5.73 Å². The largest absolute Gasteiger partial charge is 0.463 e. The lowest BCUT2D eigenvalue weighted by Crippen LogP contribution is -2.34. The van der Waals surface area contributed by atoms with E-state index in [0.717, 1.165) is 6.42 Å². The number of esters is 1. The Hall–Kier alpha value is -0.875. The number of ketones is 1. The summed E-state index contributed by atoms with van der Waals surface area (Å²) in [5.74, 6) is -0.384. The molecule has 0 aromatic rings. The van der Waals surface area contributed by atoms with Crippen molar-refractivity contribution in [3.63, 3.8) is 0 Å². The van der Waals surface area contributed by atoms with Gasteiger partial charge < -0.3 is 20.0 Å². The minimum Gasteiger partial charge on any atom is -0.463 e. The molecule has 1 rings (SSSR count). The van der Waals surface area contributed by atoms with Crippen molar-refractivity contribution in [1.29, 1.82) is 0 Å². The summed E-state index contributed by atoms with van der Waals surface area (Å²) in [6, 6.07) is 0.0477. The van der Waals surface area contributed by atoms with Gasteiger partial charge in [-0.3, -0.25) is 4.79 Å². The van der Waals surface area contributed by atoms with Gasteiger partial charge in [-0.05, 0) is 13.3 Å². The molecule has 1 heterocycles. The Kier molecular flexibility index (Phi) is 4.95. The van der Waals surface area contributed by atoms with Gasteiger partial charge in [0.25, 0.3) is 0 Å². The SMILES string of the molecule is B[C@H]1C[C@H](N)[C@@H](COC(=O)CCC(C)=O)O1. The zero-order chi connectivity index (χ0) is 12.1. The summed E-state index contributed by atoms with van der Waals surface area (Å²) in [5, 5.41) is 0. The Morgan fingerprint density at radius 3 is 2.69 bits per heavy atom. The van der Waals surface area contributed by atoms with Crippen molar-refractivity contribution in [2.75, 3.05) is 6.61 Å². The predicted octanol–water partition coefficient (Wildman–Crippen LogP) is -1.03. The summed E-state index contributed by atoms with van der Waals surface area (Å²) in [6.45, 7) is 1.63. The molecule has 3 atom stereocenters. The number of hydrogen-bond donors (Lipinski definition) is 1. The lowest BCUT2D eigenvalue weighted by molar-refractivity contribution is -0.148. The molecule has 1 aliphatic rings. The van der Waals surface area contributed by atoms with E-state index >= 15 is 0 Å². The minimum absolute atomic E-state index is 0.0145. The number of carbonyl (C=O) groups is 2. The van der Waals surface area contributed by atoms with E-state index < -0.39 is 0 Å². The number of carbonyl (C=O) groups excluding carboxylic acids is 2. The Balaban J connectivity index is 2.19. The molecule has 0 aromatic carbocycles. The number of nitrogens with two attached hydrogens (primary N) is 1. The molecule has 0 radical (unpaired) electrons. The van der Waals surface area contributed by atoms with Gasteiger partial charge in [-0.1, -0.05) is 0 Å². The van der Waals surface area contributed by atoms with Gasteiger partial charge in [0.2, 0.25) is 0 Å². The monoisotopic (exact) mass is 227 g/mol. The van der Waals surface area contributed by atoms with Crippen molar-refractivity contribution >= 4 is 19.6 Å². The van der Waals surface area contributed by atoms with Gasteiger partial charge in [-0.15, -0.1) is 0 Å². The third-order valence-electron chi connectivity index (χ3n) is 2.58. The average Bonchev–Trinajstić information content (AvgIpc) is 2.51. The third kappa shape index (κ3) is 4.32. The molecule has 1 fully saturated rings. The van der Waals surface area contributed by atoms with Gasteiger partial charge in [-0.2, -0.15) is 0 Å². The van der Waals surface area contributed by atoms with Gasteiger partial charge in [-0.25, -0.2) is 0 Å². The van der Waals surface area contributed by atoms with Crippen LogP contribution in [-0.4, -0.2) is 44.4 Å². The summed E-state index contributed by atoms with van der Waals surface area (Å²) in [4.78, 5) is 21.9. The van der Waals surface area contributed by atoms with Crippen molar-refractivity contribution in [3.05, 3.63) is 0 Å². The van der Waals surface area contributed by atoms with Crippen LogP contribution < -0.4 is 5.73 Å². The molecule has 90 valence electrons. The van der Waals surface area contributed by atoms with Gasteiger partial charge >= 0.3 is 5.97 Å². The first-order chi connectivity index (χ1) is 7.49. The number of hydrogen-bond acceptors (Lipinski definition) is 5. The topological polar surface area (TPSA) is 78.6 Å². The van der Waals surface area contributed by atoms with Crippen LogP contribution in [0.15, 0.2) is 0 Å². The Morgan fingerprint density at radius 1 is 1.50 bits per heavy atom. The van der Waals surface area contributed by atoms with E-state index in [1.165, 1.54) is 6.92 Å². The second-order valence-electron chi connectivity index (χ2n) is 4.27. The number of ether oxygens (including phenoxy) is 2. The highest BCUT2D eigenvalue weighted by molar-refractivity contribution is 6.11. The van der Waals surface area contributed by atoms with E-state index in [-0.39, 0.29) is 49.4 Å². The minimum atomic E-state index is -0.370. The van der Waals surface area contributed by atoms with E-state index in [9.17, 15) is 9.59 Å². The quantitative estimate of drug-likeness (QED) is 0.480. The summed E-state index contributed by atoms with van der Waals surface area (Å²) < 4.78 is 10.5. The lowest BCUT2D eigenvalue weighted by Gasteiger charge is -2.14. The predicted molar refractivity (Wildman–Crippen MR) is 60.7 cm³/mol. The first-order valence-electron chi connectivity index (χ1n) is 5.55. The van der Waals surface area contributed by atoms with Gasteiger partial charge in [0.1, 0.15) is 26.3 Å². The molecule has 0 spiro atoms. The van der Waals surface area contributed by atoms with Crippen LogP contribution in [0, 0.1) is 0 Å². The molecule has 0 amide bonds. The molecule has 2 N–H and O–H groups in total.